The number of hydrogen-bond donors (Lipinski definition) is 2. The van der Waals surface area contributed by atoms with Crippen LogP contribution in [-0.2, 0) is 9.84 Å². The molecular formula is C15H22N4O3S. The molecule has 1 saturated heterocycles. The van der Waals surface area contributed by atoms with Crippen molar-refractivity contribution in [3.05, 3.63) is 17.6 Å². The first-order valence-electron chi connectivity index (χ1n) is 8.05. The molecule has 8 heteroatoms. The molecule has 2 heterocycles. The lowest BCUT2D eigenvalue weighted by molar-refractivity contribution is 0.0932. The molecule has 1 atom stereocenters. The van der Waals surface area contributed by atoms with Gasteiger partial charge in [-0.1, -0.05) is 12.8 Å². The molecule has 0 spiro atoms. The minimum Gasteiger partial charge on any atom is -0.366 e. The first kappa shape index (κ1) is 16.2. The summed E-state index contributed by atoms with van der Waals surface area (Å²) in [6, 6.07) is 1.68. The second-order valence-corrected chi connectivity index (χ2v) is 8.61. The van der Waals surface area contributed by atoms with Gasteiger partial charge in [-0.2, -0.15) is 0 Å². The summed E-state index contributed by atoms with van der Waals surface area (Å²) in [6.07, 6.45) is 4.89. The monoisotopic (exact) mass is 338 g/mol. The normalized spacial score (nSPS) is 23.8. The Morgan fingerprint density at radius 1 is 1.17 bits per heavy atom. The van der Waals surface area contributed by atoms with Crippen molar-refractivity contribution >= 4 is 21.6 Å². The number of carbonyl (C=O) groups is 1. The fourth-order valence-electron chi connectivity index (χ4n) is 3.21. The third-order valence-corrected chi connectivity index (χ3v) is 6.11. The van der Waals surface area contributed by atoms with Crippen LogP contribution >= 0.6 is 0 Å². The Morgan fingerprint density at radius 3 is 2.57 bits per heavy atom. The van der Waals surface area contributed by atoms with Crippen LogP contribution in [0.1, 0.15) is 48.4 Å². The molecule has 126 valence electrons. The van der Waals surface area contributed by atoms with Crippen LogP contribution in [0.25, 0.3) is 0 Å². The standard InChI is InChI=1S/C15H22N4O3S/c1-10-16-13(15(20)19-11-4-2-3-5-11)8-14(17-10)18-12-6-7-23(21,22)9-12/h8,11-12H,2-7,9H2,1H3,(H,19,20)(H,16,17,18). The van der Waals surface area contributed by atoms with Gasteiger partial charge in [0.1, 0.15) is 17.3 Å². The van der Waals surface area contributed by atoms with E-state index in [4.69, 9.17) is 0 Å². The van der Waals surface area contributed by atoms with E-state index in [2.05, 4.69) is 20.6 Å². The number of sulfone groups is 1. The summed E-state index contributed by atoms with van der Waals surface area (Å²) in [7, 11) is -2.95. The summed E-state index contributed by atoms with van der Waals surface area (Å²) in [5.74, 6) is 1.12. The predicted octanol–water partition coefficient (Wildman–Crippen LogP) is 1.06. The number of aromatic nitrogens is 2. The molecule has 23 heavy (non-hydrogen) atoms. The topological polar surface area (TPSA) is 101 Å². The molecular weight excluding hydrogens is 316 g/mol. The van der Waals surface area contributed by atoms with Gasteiger partial charge < -0.3 is 10.6 Å². The molecule has 1 aromatic heterocycles. The van der Waals surface area contributed by atoms with Gasteiger partial charge in [-0.15, -0.1) is 0 Å². The summed E-state index contributed by atoms with van der Waals surface area (Å²) < 4.78 is 23.1. The molecule has 1 aromatic rings. The van der Waals surface area contributed by atoms with Crippen LogP contribution in [0.5, 0.6) is 0 Å². The van der Waals surface area contributed by atoms with Gasteiger partial charge in [-0.3, -0.25) is 4.79 Å². The first-order chi connectivity index (χ1) is 10.9. The van der Waals surface area contributed by atoms with E-state index >= 15 is 0 Å². The average molecular weight is 338 g/mol. The van der Waals surface area contributed by atoms with Gasteiger partial charge in [0.25, 0.3) is 5.91 Å². The Morgan fingerprint density at radius 2 is 1.91 bits per heavy atom. The fraction of sp³-hybridized carbons (Fsp3) is 0.667. The molecule has 2 fully saturated rings. The molecule has 1 amide bonds. The highest BCUT2D eigenvalue weighted by atomic mass is 32.2. The zero-order valence-electron chi connectivity index (χ0n) is 13.2. The molecule has 3 rings (SSSR count). The highest BCUT2D eigenvalue weighted by Crippen LogP contribution is 2.19. The average Bonchev–Trinajstić information content (AvgIpc) is 3.08. The number of hydrogen-bond acceptors (Lipinski definition) is 6. The van der Waals surface area contributed by atoms with Crippen molar-refractivity contribution in [1.29, 1.82) is 0 Å². The molecule has 1 saturated carbocycles. The maximum atomic E-state index is 12.3. The Hall–Kier alpha value is -1.70. The second-order valence-electron chi connectivity index (χ2n) is 6.38. The van der Waals surface area contributed by atoms with Crippen molar-refractivity contribution in [2.45, 2.75) is 51.1 Å². The summed E-state index contributed by atoms with van der Waals surface area (Å²) in [6.45, 7) is 1.73. The van der Waals surface area contributed by atoms with E-state index in [0.717, 1.165) is 25.7 Å². The molecule has 1 aliphatic carbocycles. The molecule has 2 aliphatic rings. The third kappa shape index (κ3) is 4.19. The lowest BCUT2D eigenvalue weighted by Crippen LogP contribution is -2.33. The van der Waals surface area contributed by atoms with E-state index < -0.39 is 9.84 Å². The van der Waals surface area contributed by atoms with Crippen LogP contribution in [0, 0.1) is 6.92 Å². The molecule has 0 aromatic carbocycles. The van der Waals surface area contributed by atoms with Crippen LogP contribution in [0.3, 0.4) is 0 Å². The van der Waals surface area contributed by atoms with Gasteiger partial charge in [0, 0.05) is 18.2 Å². The quantitative estimate of drug-likeness (QED) is 0.851. The molecule has 0 radical (unpaired) electrons. The number of amides is 1. The van der Waals surface area contributed by atoms with Crippen molar-refractivity contribution in [2.24, 2.45) is 0 Å². The number of aryl methyl sites for hydroxylation is 1. The molecule has 1 unspecified atom stereocenters. The maximum absolute atomic E-state index is 12.3. The summed E-state index contributed by atoms with van der Waals surface area (Å²) >= 11 is 0. The van der Waals surface area contributed by atoms with Crippen molar-refractivity contribution in [3.8, 4) is 0 Å². The van der Waals surface area contributed by atoms with Crippen LogP contribution in [0.15, 0.2) is 6.07 Å². The van der Waals surface area contributed by atoms with Crippen molar-refractivity contribution in [3.63, 3.8) is 0 Å². The zero-order chi connectivity index (χ0) is 16.4. The molecule has 1 aliphatic heterocycles. The lowest BCUT2D eigenvalue weighted by atomic mass is 10.2. The summed E-state index contributed by atoms with van der Waals surface area (Å²) in [4.78, 5) is 20.8. The summed E-state index contributed by atoms with van der Waals surface area (Å²) in [5, 5.41) is 6.12. The molecule has 7 nitrogen and oxygen atoms in total. The summed E-state index contributed by atoms with van der Waals surface area (Å²) in [5.41, 5.74) is 0.327. The van der Waals surface area contributed by atoms with Crippen molar-refractivity contribution in [1.82, 2.24) is 15.3 Å². The van der Waals surface area contributed by atoms with Crippen LogP contribution in [-0.4, -0.2) is 47.9 Å². The van der Waals surface area contributed by atoms with E-state index in [0.29, 0.717) is 23.8 Å². The predicted molar refractivity (Wildman–Crippen MR) is 87.2 cm³/mol. The highest BCUT2D eigenvalue weighted by molar-refractivity contribution is 7.91. The van der Waals surface area contributed by atoms with Crippen LogP contribution < -0.4 is 10.6 Å². The Labute approximate surface area is 136 Å². The zero-order valence-corrected chi connectivity index (χ0v) is 14.0. The van der Waals surface area contributed by atoms with Gasteiger partial charge in [-0.25, -0.2) is 18.4 Å². The number of rotatable bonds is 4. The highest BCUT2D eigenvalue weighted by Gasteiger charge is 2.28. The maximum Gasteiger partial charge on any atom is 0.270 e. The smallest absolute Gasteiger partial charge is 0.270 e. The van der Waals surface area contributed by atoms with Gasteiger partial charge in [-0.05, 0) is 26.2 Å². The Bertz CT molecular complexity index is 699. The van der Waals surface area contributed by atoms with Gasteiger partial charge in [0.05, 0.1) is 11.5 Å². The minimum absolute atomic E-state index is 0.111. The number of carbonyl (C=O) groups excluding carboxylic acids is 1. The van der Waals surface area contributed by atoms with Crippen LogP contribution in [0.2, 0.25) is 0 Å². The largest absolute Gasteiger partial charge is 0.366 e. The number of nitrogens with zero attached hydrogens (tertiary/aromatic N) is 2. The van der Waals surface area contributed by atoms with E-state index in [1.807, 2.05) is 0 Å². The van der Waals surface area contributed by atoms with E-state index in [1.165, 1.54) is 0 Å². The molecule has 2 N–H and O–H groups in total. The van der Waals surface area contributed by atoms with E-state index in [9.17, 15) is 13.2 Å². The van der Waals surface area contributed by atoms with Crippen LogP contribution in [0.4, 0.5) is 5.82 Å². The third-order valence-electron chi connectivity index (χ3n) is 4.35. The Kier molecular flexibility index (Phi) is 4.52. The lowest BCUT2D eigenvalue weighted by Gasteiger charge is -2.14. The number of nitrogens with one attached hydrogen (secondary N) is 2. The number of anilines is 1. The van der Waals surface area contributed by atoms with Gasteiger partial charge in [0.15, 0.2) is 9.84 Å². The minimum atomic E-state index is -2.95. The SMILES string of the molecule is Cc1nc(NC2CCS(=O)(=O)C2)cc(C(=O)NC2CCCC2)n1. The Balaban J connectivity index is 1.69. The fourth-order valence-corrected chi connectivity index (χ4v) is 4.88. The van der Waals surface area contributed by atoms with E-state index in [-0.39, 0.29) is 29.5 Å². The first-order valence-corrected chi connectivity index (χ1v) is 9.87. The van der Waals surface area contributed by atoms with Crippen molar-refractivity contribution in [2.75, 3.05) is 16.8 Å². The second kappa shape index (κ2) is 6.43. The van der Waals surface area contributed by atoms with E-state index in [1.54, 1.807) is 13.0 Å². The molecule has 0 bridgehead atoms. The van der Waals surface area contributed by atoms with Gasteiger partial charge in [0.2, 0.25) is 0 Å². The van der Waals surface area contributed by atoms with Crippen molar-refractivity contribution < 1.29 is 13.2 Å². The van der Waals surface area contributed by atoms with Gasteiger partial charge >= 0.3 is 0 Å².